The van der Waals surface area contributed by atoms with E-state index in [9.17, 15) is 4.79 Å². The van der Waals surface area contributed by atoms with Crippen LogP contribution < -0.4 is 11.3 Å². The third kappa shape index (κ3) is 2.97. The fourth-order valence-electron chi connectivity index (χ4n) is 2.01. The minimum absolute atomic E-state index is 0. The minimum atomic E-state index is -0.190. The van der Waals surface area contributed by atoms with E-state index in [4.69, 9.17) is 5.73 Å². The van der Waals surface area contributed by atoms with Crippen molar-refractivity contribution in [1.82, 2.24) is 4.98 Å². The molecule has 1 aromatic rings. The fraction of sp³-hybridized carbons (Fsp3) is 0.500. The summed E-state index contributed by atoms with van der Waals surface area (Å²) in [6.45, 7) is 0. The summed E-state index contributed by atoms with van der Waals surface area (Å²) >= 11 is 0. The lowest BCUT2D eigenvalue weighted by Gasteiger charge is -2.23. The molecule has 0 unspecified atom stereocenters. The van der Waals surface area contributed by atoms with E-state index in [-0.39, 0.29) is 35.9 Å². The molecule has 15 heavy (non-hydrogen) atoms. The molecule has 0 bridgehead atoms. The van der Waals surface area contributed by atoms with Crippen molar-refractivity contribution in [2.24, 2.45) is 5.73 Å². The molecule has 0 spiro atoms. The van der Waals surface area contributed by atoms with Gasteiger partial charge in [0.1, 0.15) is 0 Å². The Kier molecular flexibility index (Phi) is 5.35. The molecule has 1 aliphatic carbocycles. The Hall–Kier alpha value is -0.510. The van der Waals surface area contributed by atoms with Crippen LogP contribution in [-0.4, -0.2) is 4.98 Å². The molecule has 0 amide bonds. The summed E-state index contributed by atoms with van der Waals surface area (Å²) in [4.78, 5) is 13.5. The first-order valence-corrected chi connectivity index (χ1v) is 4.69. The van der Waals surface area contributed by atoms with Crippen molar-refractivity contribution in [3.63, 3.8) is 0 Å². The van der Waals surface area contributed by atoms with E-state index in [1.807, 2.05) is 6.07 Å². The first-order chi connectivity index (χ1) is 6.21. The van der Waals surface area contributed by atoms with Crippen molar-refractivity contribution >= 4 is 24.8 Å². The molecule has 0 saturated heterocycles. The second kappa shape index (κ2) is 5.54. The van der Waals surface area contributed by atoms with Crippen LogP contribution in [0.5, 0.6) is 0 Å². The van der Waals surface area contributed by atoms with Gasteiger partial charge in [-0.2, -0.15) is 0 Å². The van der Waals surface area contributed by atoms with Gasteiger partial charge in [0, 0.05) is 17.8 Å². The predicted molar refractivity (Wildman–Crippen MR) is 65.9 cm³/mol. The van der Waals surface area contributed by atoms with Gasteiger partial charge in [-0.1, -0.05) is 18.9 Å². The lowest BCUT2D eigenvalue weighted by molar-refractivity contribution is 0.460. The Morgan fingerprint density at radius 3 is 2.27 bits per heavy atom. The van der Waals surface area contributed by atoms with E-state index >= 15 is 0 Å². The third-order valence-corrected chi connectivity index (χ3v) is 2.85. The molecule has 5 heteroatoms. The summed E-state index contributed by atoms with van der Waals surface area (Å²) in [7, 11) is 0. The van der Waals surface area contributed by atoms with Crippen molar-refractivity contribution in [2.75, 3.05) is 0 Å². The minimum Gasteiger partial charge on any atom is -0.329 e. The third-order valence-electron chi connectivity index (χ3n) is 2.85. The number of aromatic nitrogens is 1. The van der Waals surface area contributed by atoms with Crippen LogP contribution in [0.3, 0.4) is 0 Å². The lowest BCUT2D eigenvalue weighted by Crippen LogP contribution is -2.33. The van der Waals surface area contributed by atoms with E-state index in [2.05, 4.69) is 4.98 Å². The van der Waals surface area contributed by atoms with Crippen LogP contribution >= 0.6 is 24.8 Å². The highest BCUT2D eigenvalue weighted by atomic mass is 35.5. The number of halogens is 2. The highest BCUT2D eigenvalue weighted by Crippen LogP contribution is 2.35. The largest absolute Gasteiger partial charge is 0.329 e. The van der Waals surface area contributed by atoms with Crippen LogP contribution in [0.25, 0.3) is 0 Å². The van der Waals surface area contributed by atoms with Crippen LogP contribution in [0.2, 0.25) is 0 Å². The number of rotatable bonds is 1. The fourth-order valence-corrected chi connectivity index (χ4v) is 2.01. The molecule has 1 aromatic heterocycles. The number of nitrogens with one attached hydrogen (secondary N) is 1. The Labute approximate surface area is 101 Å². The topological polar surface area (TPSA) is 58.9 Å². The van der Waals surface area contributed by atoms with Gasteiger partial charge in [-0.05, 0) is 18.4 Å². The molecule has 0 radical (unpaired) electrons. The highest BCUT2D eigenvalue weighted by Gasteiger charge is 2.30. The highest BCUT2D eigenvalue weighted by molar-refractivity contribution is 5.85. The molecule has 1 heterocycles. The average Bonchev–Trinajstić information content (AvgIpc) is 2.54. The number of hydrogen-bond acceptors (Lipinski definition) is 2. The zero-order valence-electron chi connectivity index (χ0n) is 8.36. The van der Waals surface area contributed by atoms with Crippen molar-refractivity contribution in [3.05, 3.63) is 34.2 Å². The Balaban J connectivity index is 0.000000980. The monoisotopic (exact) mass is 250 g/mol. The molecule has 1 fully saturated rings. The van der Waals surface area contributed by atoms with Gasteiger partial charge in [0.2, 0.25) is 5.56 Å². The van der Waals surface area contributed by atoms with Gasteiger partial charge in [0.25, 0.3) is 0 Å². The molecule has 2 rings (SSSR count). The molecule has 3 nitrogen and oxygen atoms in total. The van der Waals surface area contributed by atoms with E-state index in [0.717, 1.165) is 18.4 Å². The normalized spacial score (nSPS) is 17.7. The standard InChI is InChI=1S/C10H14N2O.2ClH/c11-10(5-1-2-6-10)8-3-4-9(13)12-7-8;;/h3-4,7H,1-2,5-6,11H2,(H,12,13);2*1H. The van der Waals surface area contributed by atoms with E-state index in [1.54, 1.807) is 12.3 Å². The van der Waals surface area contributed by atoms with Crippen molar-refractivity contribution in [1.29, 1.82) is 0 Å². The van der Waals surface area contributed by atoms with Gasteiger partial charge in [-0.3, -0.25) is 4.79 Å². The molecule has 0 atom stereocenters. The maximum atomic E-state index is 10.8. The molecular weight excluding hydrogens is 235 g/mol. The smallest absolute Gasteiger partial charge is 0.247 e. The molecule has 86 valence electrons. The van der Waals surface area contributed by atoms with Gasteiger partial charge in [0.05, 0.1) is 0 Å². The first kappa shape index (κ1) is 14.5. The number of hydrogen-bond donors (Lipinski definition) is 2. The van der Waals surface area contributed by atoms with Gasteiger partial charge in [0.15, 0.2) is 0 Å². The van der Waals surface area contributed by atoms with E-state index < -0.39 is 0 Å². The quantitative estimate of drug-likeness (QED) is 0.801. The number of pyridine rings is 1. The number of H-pyrrole nitrogens is 1. The average molecular weight is 251 g/mol. The van der Waals surface area contributed by atoms with Crippen molar-refractivity contribution < 1.29 is 0 Å². The van der Waals surface area contributed by atoms with Crippen LogP contribution in [0.1, 0.15) is 31.2 Å². The van der Waals surface area contributed by atoms with Crippen molar-refractivity contribution in [3.8, 4) is 0 Å². The summed E-state index contributed by atoms with van der Waals surface area (Å²) in [5, 5.41) is 0. The first-order valence-electron chi connectivity index (χ1n) is 4.69. The molecule has 3 N–H and O–H groups in total. The molecular formula is C10H16Cl2N2O. The van der Waals surface area contributed by atoms with Crippen LogP contribution in [0, 0.1) is 0 Å². The lowest BCUT2D eigenvalue weighted by atomic mass is 9.91. The zero-order valence-corrected chi connectivity index (χ0v) is 10.00. The van der Waals surface area contributed by atoms with Crippen LogP contribution in [-0.2, 0) is 5.54 Å². The van der Waals surface area contributed by atoms with Gasteiger partial charge >= 0.3 is 0 Å². The Morgan fingerprint density at radius 1 is 1.20 bits per heavy atom. The summed E-state index contributed by atoms with van der Waals surface area (Å²) in [5.41, 5.74) is 7.01. The predicted octanol–water partition coefficient (Wildman–Crippen LogP) is 1.95. The van der Waals surface area contributed by atoms with Crippen LogP contribution in [0.4, 0.5) is 0 Å². The van der Waals surface area contributed by atoms with Crippen LogP contribution in [0.15, 0.2) is 23.1 Å². The molecule has 1 saturated carbocycles. The van der Waals surface area contributed by atoms with Gasteiger partial charge in [-0.25, -0.2) is 0 Å². The second-order valence-corrected chi connectivity index (χ2v) is 3.80. The van der Waals surface area contributed by atoms with E-state index in [1.165, 1.54) is 12.8 Å². The Morgan fingerprint density at radius 2 is 1.80 bits per heavy atom. The summed E-state index contributed by atoms with van der Waals surface area (Å²) in [6, 6.07) is 3.38. The van der Waals surface area contributed by atoms with E-state index in [0.29, 0.717) is 0 Å². The zero-order chi connectivity index (χ0) is 9.31. The summed E-state index contributed by atoms with van der Waals surface area (Å²) in [5.74, 6) is 0. The number of aromatic amines is 1. The maximum absolute atomic E-state index is 10.8. The van der Waals surface area contributed by atoms with Gasteiger partial charge in [-0.15, -0.1) is 24.8 Å². The second-order valence-electron chi connectivity index (χ2n) is 3.80. The Bertz CT molecular complexity index is 338. The maximum Gasteiger partial charge on any atom is 0.247 e. The SMILES string of the molecule is Cl.Cl.NC1(c2ccc(=O)[nH]c2)CCCC1. The van der Waals surface area contributed by atoms with Crippen molar-refractivity contribution in [2.45, 2.75) is 31.2 Å². The molecule has 1 aliphatic rings. The summed E-state index contributed by atoms with van der Waals surface area (Å²) < 4.78 is 0. The number of nitrogens with two attached hydrogens (primary N) is 1. The molecule has 0 aliphatic heterocycles. The molecule has 0 aromatic carbocycles. The summed E-state index contributed by atoms with van der Waals surface area (Å²) in [6.07, 6.45) is 6.18. The van der Waals surface area contributed by atoms with Gasteiger partial charge < -0.3 is 10.7 Å².